The van der Waals surface area contributed by atoms with Gasteiger partial charge in [-0.2, -0.15) is 5.10 Å². The van der Waals surface area contributed by atoms with E-state index in [1.165, 1.54) is 4.80 Å². The van der Waals surface area contributed by atoms with Crippen LogP contribution in [-0.4, -0.2) is 76.3 Å². The van der Waals surface area contributed by atoms with Crippen LogP contribution in [0.4, 0.5) is 10.6 Å². The molecule has 8 heteroatoms. The van der Waals surface area contributed by atoms with E-state index in [1.807, 2.05) is 35.2 Å². The van der Waals surface area contributed by atoms with Crippen molar-refractivity contribution in [2.75, 3.05) is 44.7 Å². The maximum absolute atomic E-state index is 12.5. The van der Waals surface area contributed by atoms with Crippen LogP contribution in [0.3, 0.4) is 0 Å². The fourth-order valence-electron chi connectivity index (χ4n) is 3.36. The first-order chi connectivity index (χ1) is 12.3. The van der Waals surface area contributed by atoms with Gasteiger partial charge in [0.15, 0.2) is 5.82 Å². The van der Waals surface area contributed by atoms with E-state index in [2.05, 4.69) is 20.4 Å². The summed E-state index contributed by atoms with van der Waals surface area (Å²) in [5.41, 5.74) is 0.858. The second kappa shape index (κ2) is 7.20. The lowest BCUT2D eigenvalue weighted by Gasteiger charge is -2.32. The van der Waals surface area contributed by atoms with Gasteiger partial charge in [-0.05, 0) is 18.6 Å². The van der Waals surface area contributed by atoms with Crippen molar-refractivity contribution in [1.82, 2.24) is 24.8 Å². The Hall–Kier alpha value is -2.45. The van der Waals surface area contributed by atoms with Gasteiger partial charge in [0.2, 0.25) is 0 Å². The van der Waals surface area contributed by atoms with E-state index in [0.717, 1.165) is 51.5 Å². The van der Waals surface area contributed by atoms with E-state index in [0.29, 0.717) is 11.9 Å². The Kier molecular flexibility index (Phi) is 4.62. The summed E-state index contributed by atoms with van der Waals surface area (Å²) >= 11 is 0. The zero-order valence-electron chi connectivity index (χ0n) is 14.0. The highest BCUT2D eigenvalue weighted by molar-refractivity contribution is 5.88. The van der Waals surface area contributed by atoms with Crippen molar-refractivity contribution in [3.8, 4) is 5.69 Å². The van der Waals surface area contributed by atoms with Crippen molar-refractivity contribution >= 4 is 11.8 Å². The minimum absolute atomic E-state index is 0.115. The number of hydrogen-bond donors (Lipinski definition) is 1. The highest BCUT2D eigenvalue weighted by Gasteiger charge is 2.31. The molecule has 1 atom stereocenters. The number of urea groups is 1. The fraction of sp³-hybridized carbons (Fsp3) is 0.471. The smallest absolute Gasteiger partial charge is 0.323 e. The topological polar surface area (TPSA) is 75.5 Å². The number of benzene rings is 1. The Morgan fingerprint density at radius 2 is 1.96 bits per heavy atom. The van der Waals surface area contributed by atoms with Crippen LogP contribution in [0.5, 0.6) is 0 Å². The second-order valence-corrected chi connectivity index (χ2v) is 6.32. The highest BCUT2D eigenvalue weighted by atomic mass is 16.5. The fourth-order valence-corrected chi connectivity index (χ4v) is 3.36. The number of carbonyl (C=O) groups excluding carboxylic acids is 1. The molecule has 0 radical (unpaired) electrons. The van der Waals surface area contributed by atoms with Gasteiger partial charge in [-0.15, -0.1) is 9.90 Å². The maximum Gasteiger partial charge on any atom is 0.323 e. The third-order valence-corrected chi connectivity index (χ3v) is 4.73. The molecule has 0 spiro atoms. The Balaban J connectivity index is 1.34. The number of likely N-dealkylation sites (tertiary alicyclic amines) is 1. The molecule has 1 N–H and O–H groups in total. The number of nitrogens with zero attached hydrogens (tertiary/aromatic N) is 5. The molecular weight excluding hydrogens is 320 g/mol. The first-order valence-corrected chi connectivity index (χ1v) is 8.65. The maximum atomic E-state index is 12.5. The lowest BCUT2D eigenvalue weighted by Crippen LogP contribution is -2.45. The quantitative estimate of drug-likeness (QED) is 0.907. The number of hydrogen-bond acceptors (Lipinski definition) is 5. The first-order valence-electron chi connectivity index (χ1n) is 8.65. The molecule has 25 heavy (non-hydrogen) atoms. The van der Waals surface area contributed by atoms with E-state index < -0.39 is 0 Å². The molecule has 2 saturated heterocycles. The number of amides is 2. The van der Waals surface area contributed by atoms with Gasteiger partial charge in [-0.1, -0.05) is 18.2 Å². The molecule has 132 valence electrons. The van der Waals surface area contributed by atoms with Gasteiger partial charge in [0.1, 0.15) is 0 Å². The number of anilines is 1. The van der Waals surface area contributed by atoms with Gasteiger partial charge in [-0.3, -0.25) is 10.2 Å². The molecule has 1 aromatic carbocycles. The van der Waals surface area contributed by atoms with Crippen molar-refractivity contribution in [2.24, 2.45) is 0 Å². The van der Waals surface area contributed by atoms with E-state index in [1.54, 1.807) is 6.20 Å². The van der Waals surface area contributed by atoms with Crippen molar-refractivity contribution in [1.29, 1.82) is 0 Å². The molecule has 3 heterocycles. The molecule has 4 rings (SSSR count). The van der Waals surface area contributed by atoms with E-state index in [-0.39, 0.29) is 6.03 Å². The zero-order valence-corrected chi connectivity index (χ0v) is 14.0. The molecule has 2 aromatic rings. The van der Waals surface area contributed by atoms with Crippen LogP contribution >= 0.6 is 0 Å². The molecule has 1 unspecified atom stereocenters. The SMILES string of the molecule is O=C(Nc1cnn(-c2ccccc2)n1)N1CCC(N2CCOCC2)C1. The summed E-state index contributed by atoms with van der Waals surface area (Å²) in [7, 11) is 0. The summed E-state index contributed by atoms with van der Waals surface area (Å²) in [4.78, 5) is 18.3. The van der Waals surface area contributed by atoms with Crippen LogP contribution < -0.4 is 5.32 Å². The minimum atomic E-state index is -0.115. The molecule has 1 aromatic heterocycles. The Bertz CT molecular complexity index is 713. The van der Waals surface area contributed by atoms with Gasteiger partial charge < -0.3 is 9.64 Å². The van der Waals surface area contributed by atoms with Crippen LogP contribution in [0.2, 0.25) is 0 Å². The molecular formula is C17H22N6O2. The number of nitrogens with one attached hydrogen (secondary N) is 1. The molecule has 2 amide bonds. The lowest BCUT2D eigenvalue weighted by molar-refractivity contribution is 0.0192. The average molecular weight is 342 g/mol. The molecule has 0 saturated carbocycles. The standard InChI is InChI=1S/C17H22N6O2/c24-17(22-7-6-15(13-22)21-8-10-25-11-9-21)19-16-12-18-23(20-16)14-4-2-1-3-5-14/h1-5,12,15H,6-11,13H2,(H,19,20,24). The molecule has 2 aliphatic heterocycles. The lowest BCUT2D eigenvalue weighted by atomic mass is 10.2. The van der Waals surface area contributed by atoms with Gasteiger partial charge in [0.05, 0.1) is 25.1 Å². The van der Waals surface area contributed by atoms with Crippen molar-refractivity contribution < 1.29 is 9.53 Å². The number of carbonyl (C=O) groups is 1. The van der Waals surface area contributed by atoms with Crippen molar-refractivity contribution in [3.05, 3.63) is 36.5 Å². The van der Waals surface area contributed by atoms with Crippen LogP contribution in [0, 0.1) is 0 Å². The van der Waals surface area contributed by atoms with Gasteiger partial charge >= 0.3 is 6.03 Å². The number of morpholine rings is 1. The van der Waals surface area contributed by atoms with Crippen LogP contribution in [0.15, 0.2) is 36.5 Å². The minimum Gasteiger partial charge on any atom is -0.379 e. The summed E-state index contributed by atoms with van der Waals surface area (Å²) in [6, 6.07) is 9.93. The van der Waals surface area contributed by atoms with E-state index in [9.17, 15) is 4.79 Å². The Morgan fingerprint density at radius 1 is 1.16 bits per heavy atom. The monoisotopic (exact) mass is 342 g/mol. The third kappa shape index (κ3) is 3.64. The highest BCUT2D eigenvalue weighted by Crippen LogP contribution is 2.18. The predicted molar refractivity (Wildman–Crippen MR) is 92.7 cm³/mol. The third-order valence-electron chi connectivity index (χ3n) is 4.73. The van der Waals surface area contributed by atoms with Gasteiger partial charge in [0.25, 0.3) is 0 Å². The van der Waals surface area contributed by atoms with Crippen molar-refractivity contribution in [3.63, 3.8) is 0 Å². The van der Waals surface area contributed by atoms with Gasteiger partial charge in [-0.25, -0.2) is 4.79 Å². The summed E-state index contributed by atoms with van der Waals surface area (Å²) in [6.07, 6.45) is 2.57. The van der Waals surface area contributed by atoms with Gasteiger partial charge in [0, 0.05) is 32.2 Å². The predicted octanol–water partition coefficient (Wildman–Crippen LogP) is 1.21. The molecule has 8 nitrogen and oxygen atoms in total. The zero-order chi connectivity index (χ0) is 17.1. The van der Waals surface area contributed by atoms with Crippen LogP contribution in [0.1, 0.15) is 6.42 Å². The van der Waals surface area contributed by atoms with Crippen LogP contribution in [-0.2, 0) is 4.74 Å². The van der Waals surface area contributed by atoms with E-state index in [4.69, 9.17) is 4.74 Å². The number of para-hydroxylation sites is 1. The number of aromatic nitrogens is 3. The summed E-state index contributed by atoms with van der Waals surface area (Å²) in [5.74, 6) is 0.462. The second-order valence-electron chi connectivity index (χ2n) is 6.32. The first kappa shape index (κ1) is 16.0. The summed E-state index contributed by atoms with van der Waals surface area (Å²) in [5, 5.41) is 11.4. The molecule has 0 bridgehead atoms. The Labute approximate surface area is 146 Å². The largest absolute Gasteiger partial charge is 0.379 e. The number of ether oxygens (including phenoxy) is 1. The molecule has 2 fully saturated rings. The molecule has 2 aliphatic rings. The molecule has 0 aliphatic carbocycles. The van der Waals surface area contributed by atoms with Crippen molar-refractivity contribution in [2.45, 2.75) is 12.5 Å². The average Bonchev–Trinajstić information content (AvgIpc) is 3.33. The Morgan fingerprint density at radius 3 is 2.76 bits per heavy atom. The summed E-state index contributed by atoms with van der Waals surface area (Å²) in [6.45, 7) is 4.98. The van der Waals surface area contributed by atoms with E-state index >= 15 is 0 Å². The summed E-state index contributed by atoms with van der Waals surface area (Å²) < 4.78 is 5.40. The van der Waals surface area contributed by atoms with Crippen LogP contribution in [0.25, 0.3) is 5.69 Å². The normalized spacial score (nSPS) is 21.4. The number of rotatable bonds is 3.